The number of carboxylic acid groups (broad SMARTS) is 1. The van der Waals surface area contributed by atoms with Gasteiger partial charge in [-0.1, -0.05) is 29.8 Å². The van der Waals surface area contributed by atoms with Gasteiger partial charge in [-0.15, -0.1) is 11.8 Å². The summed E-state index contributed by atoms with van der Waals surface area (Å²) in [4.78, 5) is 11.2. The predicted octanol–water partition coefficient (Wildman–Crippen LogP) is 3.37. The first-order chi connectivity index (χ1) is 12.1. The maximum absolute atomic E-state index is 11.2. The number of benzene rings is 2. The smallest absolute Gasteiger partial charge is 0.321 e. The second kappa shape index (κ2) is 7.80. The van der Waals surface area contributed by atoms with Crippen LogP contribution in [0.2, 0.25) is 0 Å². The predicted molar refractivity (Wildman–Crippen MR) is 98.3 cm³/mol. The van der Waals surface area contributed by atoms with Crippen molar-refractivity contribution in [3.63, 3.8) is 0 Å². The van der Waals surface area contributed by atoms with Crippen molar-refractivity contribution in [2.45, 2.75) is 24.9 Å². The van der Waals surface area contributed by atoms with Crippen molar-refractivity contribution < 1.29 is 19.4 Å². The summed E-state index contributed by atoms with van der Waals surface area (Å²) in [6.45, 7) is 2.49. The van der Waals surface area contributed by atoms with Gasteiger partial charge in [0.1, 0.15) is 24.1 Å². The van der Waals surface area contributed by atoms with E-state index in [4.69, 9.17) is 9.47 Å². The van der Waals surface area contributed by atoms with Crippen LogP contribution in [0.4, 0.5) is 0 Å². The first-order valence-electron chi connectivity index (χ1n) is 8.03. The van der Waals surface area contributed by atoms with Gasteiger partial charge in [-0.2, -0.15) is 0 Å². The number of aryl methyl sites for hydroxylation is 1. The minimum atomic E-state index is -0.828. The molecule has 25 heavy (non-hydrogen) atoms. The van der Waals surface area contributed by atoms with Gasteiger partial charge in [-0.05, 0) is 24.6 Å². The van der Waals surface area contributed by atoms with E-state index in [1.807, 2.05) is 37.3 Å². The summed E-state index contributed by atoms with van der Waals surface area (Å²) in [7, 11) is 1.61. The number of methoxy groups -OCH3 is 1. The van der Waals surface area contributed by atoms with E-state index in [9.17, 15) is 9.90 Å². The minimum absolute atomic E-state index is 0.111. The van der Waals surface area contributed by atoms with Gasteiger partial charge < -0.3 is 14.6 Å². The third kappa shape index (κ3) is 4.27. The quantitative estimate of drug-likeness (QED) is 0.824. The van der Waals surface area contributed by atoms with E-state index < -0.39 is 12.0 Å². The average molecular weight is 359 g/mol. The fraction of sp³-hybridized carbons (Fsp3) is 0.316. The van der Waals surface area contributed by atoms with Crippen molar-refractivity contribution in [3.8, 4) is 11.5 Å². The molecule has 2 atom stereocenters. The van der Waals surface area contributed by atoms with Gasteiger partial charge in [0, 0.05) is 17.4 Å². The largest absolute Gasteiger partial charge is 0.497 e. The third-order valence-corrected chi connectivity index (χ3v) is 5.35. The SMILES string of the molecule is COc1ccc(C2NC(C(=O)O)CS2)c(OCc2ccc(C)cc2)c1. The highest BCUT2D eigenvalue weighted by molar-refractivity contribution is 7.99. The lowest BCUT2D eigenvalue weighted by atomic mass is 10.1. The molecule has 6 heteroatoms. The van der Waals surface area contributed by atoms with Gasteiger partial charge in [0.05, 0.1) is 12.5 Å². The van der Waals surface area contributed by atoms with E-state index in [1.54, 1.807) is 18.9 Å². The van der Waals surface area contributed by atoms with Crippen LogP contribution in [0.1, 0.15) is 22.1 Å². The number of aliphatic carboxylic acids is 1. The van der Waals surface area contributed by atoms with Crippen molar-refractivity contribution in [1.29, 1.82) is 0 Å². The zero-order valence-electron chi connectivity index (χ0n) is 14.2. The third-order valence-electron chi connectivity index (χ3n) is 4.10. The van der Waals surface area contributed by atoms with Crippen molar-refractivity contribution in [3.05, 3.63) is 59.2 Å². The lowest BCUT2D eigenvalue weighted by molar-refractivity contribution is -0.138. The van der Waals surface area contributed by atoms with Crippen LogP contribution in [0.5, 0.6) is 11.5 Å². The van der Waals surface area contributed by atoms with Crippen LogP contribution in [0.3, 0.4) is 0 Å². The Morgan fingerprint density at radius 2 is 2.04 bits per heavy atom. The number of ether oxygens (including phenoxy) is 2. The van der Waals surface area contributed by atoms with Gasteiger partial charge in [0.25, 0.3) is 0 Å². The van der Waals surface area contributed by atoms with E-state index in [-0.39, 0.29) is 5.37 Å². The summed E-state index contributed by atoms with van der Waals surface area (Å²) in [5, 5.41) is 12.2. The number of hydrogen-bond acceptors (Lipinski definition) is 5. The van der Waals surface area contributed by atoms with Crippen LogP contribution in [-0.4, -0.2) is 30.0 Å². The van der Waals surface area contributed by atoms with Gasteiger partial charge in [-0.3, -0.25) is 10.1 Å². The molecule has 132 valence electrons. The van der Waals surface area contributed by atoms with Gasteiger partial charge in [-0.25, -0.2) is 0 Å². The van der Waals surface area contributed by atoms with Crippen LogP contribution in [0.25, 0.3) is 0 Å². The molecule has 1 aliphatic heterocycles. The molecule has 0 spiro atoms. The molecule has 2 unspecified atom stereocenters. The normalized spacial score (nSPS) is 19.6. The topological polar surface area (TPSA) is 67.8 Å². The molecule has 0 aliphatic carbocycles. The van der Waals surface area contributed by atoms with Crippen LogP contribution >= 0.6 is 11.8 Å². The van der Waals surface area contributed by atoms with Crippen molar-refractivity contribution in [1.82, 2.24) is 5.32 Å². The van der Waals surface area contributed by atoms with Gasteiger partial charge in [0.15, 0.2) is 0 Å². The summed E-state index contributed by atoms with van der Waals surface area (Å²) < 4.78 is 11.3. The summed E-state index contributed by atoms with van der Waals surface area (Å²) in [6.07, 6.45) is 0. The zero-order chi connectivity index (χ0) is 17.8. The molecule has 0 radical (unpaired) electrons. The molecule has 2 aromatic rings. The molecule has 2 N–H and O–H groups in total. The van der Waals surface area contributed by atoms with E-state index in [0.717, 1.165) is 11.1 Å². The van der Waals surface area contributed by atoms with Crippen LogP contribution in [0, 0.1) is 6.92 Å². The number of hydrogen-bond donors (Lipinski definition) is 2. The maximum Gasteiger partial charge on any atom is 0.321 e. The molecule has 2 aromatic carbocycles. The number of nitrogens with one attached hydrogen (secondary N) is 1. The number of rotatable bonds is 6. The summed E-state index contributed by atoms with van der Waals surface area (Å²) in [6, 6.07) is 13.3. The Bertz CT molecular complexity index is 748. The molecule has 1 aliphatic rings. The molecule has 0 aromatic heterocycles. The van der Waals surface area contributed by atoms with Crippen LogP contribution in [0.15, 0.2) is 42.5 Å². The molecule has 5 nitrogen and oxygen atoms in total. The molecular weight excluding hydrogens is 338 g/mol. The Morgan fingerprint density at radius 3 is 2.68 bits per heavy atom. The highest BCUT2D eigenvalue weighted by Crippen LogP contribution is 2.39. The standard InChI is InChI=1S/C19H21NO4S/c1-12-3-5-13(6-4-12)10-24-17-9-14(23-2)7-8-15(17)18-20-16(11-25-18)19(21)22/h3-9,16,18,20H,10-11H2,1-2H3,(H,21,22). The molecule has 0 saturated carbocycles. The molecule has 1 saturated heterocycles. The van der Waals surface area contributed by atoms with Crippen molar-refractivity contribution >= 4 is 17.7 Å². The van der Waals surface area contributed by atoms with E-state index in [2.05, 4.69) is 17.4 Å². The average Bonchev–Trinajstić information content (AvgIpc) is 3.11. The molecule has 0 amide bonds. The van der Waals surface area contributed by atoms with E-state index in [1.165, 1.54) is 5.56 Å². The summed E-state index contributed by atoms with van der Waals surface area (Å²) in [5.74, 6) is 1.12. The van der Waals surface area contributed by atoms with Gasteiger partial charge >= 0.3 is 5.97 Å². The Morgan fingerprint density at radius 1 is 1.28 bits per heavy atom. The van der Waals surface area contributed by atoms with Crippen molar-refractivity contribution in [2.75, 3.05) is 12.9 Å². The van der Waals surface area contributed by atoms with E-state index in [0.29, 0.717) is 23.9 Å². The van der Waals surface area contributed by atoms with Crippen molar-refractivity contribution in [2.24, 2.45) is 0 Å². The molecule has 1 fully saturated rings. The number of thioether (sulfide) groups is 1. The second-order valence-corrected chi connectivity index (χ2v) is 7.09. The summed E-state index contributed by atoms with van der Waals surface area (Å²) >= 11 is 1.57. The number of carboxylic acids is 1. The first-order valence-corrected chi connectivity index (χ1v) is 9.08. The minimum Gasteiger partial charge on any atom is -0.497 e. The Kier molecular flexibility index (Phi) is 5.50. The Labute approximate surface area is 151 Å². The Balaban J connectivity index is 1.79. The first kappa shape index (κ1) is 17.6. The zero-order valence-corrected chi connectivity index (χ0v) is 15.0. The highest BCUT2D eigenvalue weighted by atomic mass is 32.2. The fourth-order valence-corrected chi connectivity index (χ4v) is 3.88. The second-order valence-electron chi connectivity index (χ2n) is 5.95. The maximum atomic E-state index is 11.2. The molecule has 3 rings (SSSR count). The molecule has 1 heterocycles. The van der Waals surface area contributed by atoms with Crippen LogP contribution < -0.4 is 14.8 Å². The highest BCUT2D eigenvalue weighted by Gasteiger charge is 2.32. The lowest BCUT2D eigenvalue weighted by Crippen LogP contribution is -2.33. The van der Waals surface area contributed by atoms with Gasteiger partial charge in [0.2, 0.25) is 0 Å². The van der Waals surface area contributed by atoms with E-state index >= 15 is 0 Å². The molecule has 0 bridgehead atoms. The monoisotopic (exact) mass is 359 g/mol. The summed E-state index contributed by atoms with van der Waals surface area (Å²) in [5.41, 5.74) is 3.22. The fourth-order valence-electron chi connectivity index (χ4n) is 2.62. The number of carbonyl (C=O) groups is 1. The molecular formula is C19H21NO4S. The van der Waals surface area contributed by atoms with Crippen LogP contribution in [-0.2, 0) is 11.4 Å². The Hall–Kier alpha value is -2.18. The lowest BCUT2D eigenvalue weighted by Gasteiger charge is -2.18.